The van der Waals surface area contributed by atoms with E-state index in [2.05, 4.69) is 0 Å². The summed E-state index contributed by atoms with van der Waals surface area (Å²) in [5, 5.41) is 0. The second kappa shape index (κ2) is 3.29. The largest absolute Gasteiger partial charge is 0.450 e. The van der Waals surface area contributed by atoms with E-state index in [1.165, 1.54) is 0 Å². The number of hydrogen-bond acceptors (Lipinski definition) is 2. The van der Waals surface area contributed by atoms with Crippen LogP contribution < -0.4 is 0 Å². The van der Waals surface area contributed by atoms with Crippen molar-refractivity contribution in [2.45, 2.75) is 13.1 Å². The van der Waals surface area contributed by atoms with Crippen LogP contribution in [0.25, 0.3) is 0 Å². The van der Waals surface area contributed by atoms with Gasteiger partial charge in [0, 0.05) is 19.0 Å². The van der Waals surface area contributed by atoms with Crippen LogP contribution in [0.5, 0.6) is 0 Å². The molecule has 1 aliphatic heterocycles. The Morgan fingerprint density at radius 2 is 1.92 bits per heavy atom. The smallest absolute Gasteiger partial charge is 0.305 e. The molecule has 1 heterocycles. The van der Waals surface area contributed by atoms with Gasteiger partial charge in [-0.15, -0.1) is 0 Å². The van der Waals surface area contributed by atoms with Crippen molar-refractivity contribution in [3.63, 3.8) is 0 Å². The van der Waals surface area contributed by atoms with Crippen LogP contribution in [0.2, 0.25) is 0 Å². The molecule has 1 rings (SSSR count). The predicted octanol–water partition coefficient (Wildman–Crippen LogP) is 1.32. The monoisotopic (exact) mass is 195 g/mol. The van der Waals surface area contributed by atoms with Gasteiger partial charge in [0.2, 0.25) is 5.78 Å². The van der Waals surface area contributed by atoms with E-state index in [4.69, 9.17) is 0 Å². The molecule has 0 radical (unpaired) electrons. The fourth-order valence-corrected chi connectivity index (χ4v) is 1.76. The predicted molar refractivity (Wildman–Crippen MR) is 41.2 cm³/mol. The molecule has 0 aliphatic carbocycles. The minimum atomic E-state index is -4.68. The first-order valence-electron chi connectivity index (χ1n) is 4.12. The molecule has 2 unspecified atom stereocenters. The van der Waals surface area contributed by atoms with Crippen LogP contribution in [0.1, 0.15) is 6.92 Å². The number of carbonyl (C=O) groups is 1. The fraction of sp³-hybridized carbons (Fsp3) is 0.875. The zero-order valence-corrected chi connectivity index (χ0v) is 7.56. The molecule has 2 nitrogen and oxygen atoms in total. The molecule has 0 aromatic rings. The van der Waals surface area contributed by atoms with Gasteiger partial charge < -0.3 is 4.90 Å². The molecule has 76 valence electrons. The van der Waals surface area contributed by atoms with Crippen LogP contribution in [-0.4, -0.2) is 37.0 Å². The third-order valence-electron chi connectivity index (χ3n) is 2.41. The zero-order valence-electron chi connectivity index (χ0n) is 7.56. The van der Waals surface area contributed by atoms with Gasteiger partial charge >= 0.3 is 6.18 Å². The highest BCUT2D eigenvalue weighted by Gasteiger charge is 2.47. The van der Waals surface area contributed by atoms with Crippen molar-refractivity contribution in [3.8, 4) is 0 Å². The maximum absolute atomic E-state index is 12.0. The number of likely N-dealkylation sites (tertiary alicyclic amines) is 1. The summed E-state index contributed by atoms with van der Waals surface area (Å²) in [5.74, 6) is -2.64. The summed E-state index contributed by atoms with van der Waals surface area (Å²) >= 11 is 0. The number of hydrogen-bond donors (Lipinski definition) is 0. The number of alkyl halides is 3. The van der Waals surface area contributed by atoms with E-state index < -0.39 is 17.9 Å². The Morgan fingerprint density at radius 1 is 1.38 bits per heavy atom. The second-order valence-electron chi connectivity index (χ2n) is 3.67. The molecular weight excluding hydrogens is 183 g/mol. The van der Waals surface area contributed by atoms with Crippen molar-refractivity contribution >= 4 is 5.78 Å². The summed E-state index contributed by atoms with van der Waals surface area (Å²) in [6.45, 7) is 2.46. The van der Waals surface area contributed by atoms with Gasteiger partial charge in [0.1, 0.15) is 0 Å². The lowest BCUT2D eigenvalue weighted by molar-refractivity contribution is -0.176. The molecule has 5 heteroatoms. The maximum atomic E-state index is 12.0. The first-order valence-corrected chi connectivity index (χ1v) is 4.12. The number of ketones is 1. The van der Waals surface area contributed by atoms with E-state index in [1.807, 2.05) is 0 Å². The van der Waals surface area contributed by atoms with E-state index in [1.54, 1.807) is 18.9 Å². The molecule has 0 saturated carbocycles. The highest BCUT2D eigenvalue weighted by atomic mass is 19.4. The Kier molecular flexibility index (Phi) is 2.66. The van der Waals surface area contributed by atoms with Gasteiger partial charge in [0.25, 0.3) is 0 Å². The van der Waals surface area contributed by atoms with Gasteiger partial charge in [-0.25, -0.2) is 0 Å². The number of Topliss-reactive ketones (excluding diaryl/α,β-unsaturated/α-hetero) is 1. The summed E-state index contributed by atoms with van der Waals surface area (Å²) in [6.07, 6.45) is -4.68. The Bertz CT molecular complexity index is 214. The maximum Gasteiger partial charge on any atom is 0.450 e. The van der Waals surface area contributed by atoms with Gasteiger partial charge in [-0.05, 0) is 13.0 Å². The average Bonchev–Trinajstić information content (AvgIpc) is 2.26. The molecule has 0 N–H and O–H groups in total. The SMILES string of the molecule is CC1CN(C)CC1C(=O)C(F)(F)F. The summed E-state index contributed by atoms with van der Waals surface area (Å²) in [4.78, 5) is 12.6. The molecule has 1 aliphatic rings. The van der Waals surface area contributed by atoms with Crippen LogP contribution >= 0.6 is 0 Å². The van der Waals surface area contributed by atoms with E-state index in [9.17, 15) is 18.0 Å². The Hall–Kier alpha value is -0.580. The minimum Gasteiger partial charge on any atom is -0.305 e. The van der Waals surface area contributed by atoms with Crippen molar-refractivity contribution < 1.29 is 18.0 Å². The van der Waals surface area contributed by atoms with E-state index in [-0.39, 0.29) is 12.5 Å². The quantitative estimate of drug-likeness (QED) is 0.628. The third kappa shape index (κ3) is 2.21. The van der Waals surface area contributed by atoms with Gasteiger partial charge in [0.05, 0.1) is 0 Å². The summed E-state index contributed by atoms with van der Waals surface area (Å²) < 4.78 is 36.1. The number of halogens is 3. The van der Waals surface area contributed by atoms with Gasteiger partial charge in [-0.1, -0.05) is 6.92 Å². The summed E-state index contributed by atoms with van der Waals surface area (Å²) in [5.41, 5.74) is 0. The third-order valence-corrected chi connectivity index (χ3v) is 2.41. The Balaban J connectivity index is 2.68. The summed E-state index contributed by atoms with van der Waals surface area (Å²) in [6, 6.07) is 0. The minimum absolute atomic E-state index is 0.195. The molecule has 0 spiro atoms. The lowest BCUT2D eigenvalue weighted by atomic mass is 9.93. The standard InChI is InChI=1S/C8H12F3NO/c1-5-3-12(2)4-6(5)7(13)8(9,10)11/h5-6H,3-4H2,1-2H3. The first-order chi connectivity index (χ1) is 5.82. The first kappa shape index (κ1) is 10.5. The molecule has 0 amide bonds. The number of nitrogens with zero attached hydrogens (tertiary/aromatic N) is 1. The molecule has 0 bridgehead atoms. The topological polar surface area (TPSA) is 20.3 Å². The second-order valence-corrected chi connectivity index (χ2v) is 3.67. The van der Waals surface area contributed by atoms with Gasteiger partial charge in [-0.2, -0.15) is 13.2 Å². The molecular formula is C8H12F3NO. The molecule has 1 saturated heterocycles. The van der Waals surface area contributed by atoms with Gasteiger partial charge in [0.15, 0.2) is 0 Å². The molecule has 2 atom stereocenters. The number of rotatable bonds is 1. The van der Waals surface area contributed by atoms with Crippen LogP contribution in [0, 0.1) is 11.8 Å². The highest BCUT2D eigenvalue weighted by Crippen LogP contribution is 2.29. The Morgan fingerprint density at radius 3 is 2.23 bits per heavy atom. The average molecular weight is 195 g/mol. The van der Waals surface area contributed by atoms with Gasteiger partial charge in [-0.3, -0.25) is 4.79 Å². The van der Waals surface area contributed by atoms with Crippen molar-refractivity contribution in [2.75, 3.05) is 20.1 Å². The van der Waals surface area contributed by atoms with E-state index >= 15 is 0 Å². The van der Waals surface area contributed by atoms with Crippen LogP contribution in [0.4, 0.5) is 13.2 Å². The normalized spacial score (nSPS) is 30.8. The molecule has 1 fully saturated rings. The van der Waals surface area contributed by atoms with Crippen molar-refractivity contribution in [3.05, 3.63) is 0 Å². The van der Waals surface area contributed by atoms with Crippen molar-refractivity contribution in [1.82, 2.24) is 4.90 Å². The molecule has 13 heavy (non-hydrogen) atoms. The lowest BCUT2D eigenvalue weighted by Crippen LogP contribution is -2.34. The van der Waals surface area contributed by atoms with Crippen LogP contribution in [-0.2, 0) is 4.79 Å². The molecule has 0 aromatic heterocycles. The van der Waals surface area contributed by atoms with E-state index in [0.29, 0.717) is 6.54 Å². The van der Waals surface area contributed by atoms with Crippen molar-refractivity contribution in [2.24, 2.45) is 11.8 Å². The van der Waals surface area contributed by atoms with Crippen LogP contribution in [0.15, 0.2) is 0 Å². The Labute approximate surface area is 74.7 Å². The van der Waals surface area contributed by atoms with Crippen LogP contribution in [0.3, 0.4) is 0 Å². The fourth-order valence-electron chi connectivity index (χ4n) is 1.76. The molecule has 0 aromatic carbocycles. The lowest BCUT2D eigenvalue weighted by Gasteiger charge is -2.14. The highest BCUT2D eigenvalue weighted by molar-refractivity contribution is 5.87. The van der Waals surface area contributed by atoms with Crippen molar-refractivity contribution in [1.29, 1.82) is 0 Å². The summed E-state index contributed by atoms with van der Waals surface area (Å²) in [7, 11) is 1.72. The number of carbonyl (C=O) groups excluding carboxylic acids is 1. The zero-order chi connectivity index (χ0) is 10.2. The van der Waals surface area contributed by atoms with E-state index in [0.717, 1.165) is 0 Å².